The molecular weight excluding hydrogens is 172 g/mol. The van der Waals surface area contributed by atoms with E-state index in [1.165, 1.54) is 4.90 Å². The third-order valence-corrected chi connectivity index (χ3v) is 2.71. The summed E-state index contributed by atoms with van der Waals surface area (Å²) in [7, 11) is 1.67. The third-order valence-electron chi connectivity index (χ3n) is 1.63. The molecular formula is C9H10O2S. The zero-order valence-corrected chi connectivity index (χ0v) is 7.64. The SMILES string of the molecule is COc1ccc(SC2CO2)cc1. The molecule has 1 unspecified atom stereocenters. The summed E-state index contributed by atoms with van der Waals surface area (Å²) >= 11 is 1.75. The summed E-state index contributed by atoms with van der Waals surface area (Å²) in [6.45, 7) is 0.886. The molecule has 3 heteroatoms. The van der Waals surface area contributed by atoms with E-state index in [9.17, 15) is 0 Å². The van der Waals surface area contributed by atoms with E-state index in [4.69, 9.17) is 9.47 Å². The molecule has 1 aromatic rings. The Bertz CT molecular complexity index is 254. The molecule has 12 heavy (non-hydrogen) atoms. The highest BCUT2D eigenvalue weighted by Crippen LogP contribution is 2.32. The first-order valence-corrected chi connectivity index (χ1v) is 4.69. The predicted octanol–water partition coefficient (Wildman–Crippen LogP) is 2.14. The average molecular weight is 182 g/mol. The number of hydrogen-bond acceptors (Lipinski definition) is 3. The van der Waals surface area contributed by atoms with Crippen LogP contribution in [0.3, 0.4) is 0 Å². The molecule has 2 nitrogen and oxygen atoms in total. The van der Waals surface area contributed by atoms with Gasteiger partial charge in [-0.3, -0.25) is 0 Å². The Morgan fingerprint density at radius 1 is 1.42 bits per heavy atom. The van der Waals surface area contributed by atoms with Crippen LogP contribution in [0.15, 0.2) is 29.2 Å². The van der Waals surface area contributed by atoms with Gasteiger partial charge in [0.1, 0.15) is 11.2 Å². The van der Waals surface area contributed by atoms with Crippen molar-refractivity contribution in [1.82, 2.24) is 0 Å². The van der Waals surface area contributed by atoms with Crippen LogP contribution in [0.4, 0.5) is 0 Å². The van der Waals surface area contributed by atoms with E-state index in [-0.39, 0.29) is 0 Å². The van der Waals surface area contributed by atoms with Crippen LogP contribution in [0.25, 0.3) is 0 Å². The first-order valence-electron chi connectivity index (χ1n) is 3.81. The Kier molecular flexibility index (Phi) is 2.23. The quantitative estimate of drug-likeness (QED) is 0.668. The summed E-state index contributed by atoms with van der Waals surface area (Å²) in [5.41, 5.74) is 0.387. The van der Waals surface area contributed by atoms with Gasteiger partial charge in [0, 0.05) is 4.90 Å². The Morgan fingerprint density at radius 2 is 2.08 bits per heavy atom. The Balaban J connectivity index is 2.02. The van der Waals surface area contributed by atoms with Gasteiger partial charge in [0.05, 0.1) is 13.7 Å². The lowest BCUT2D eigenvalue weighted by Gasteiger charge is -2.00. The van der Waals surface area contributed by atoms with Crippen molar-refractivity contribution in [1.29, 1.82) is 0 Å². The van der Waals surface area contributed by atoms with Gasteiger partial charge >= 0.3 is 0 Å². The van der Waals surface area contributed by atoms with Crippen LogP contribution >= 0.6 is 11.8 Å². The van der Waals surface area contributed by atoms with Gasteiger partial charge in [0.15, 0.2) is 0 Å². The molecule has 0 bridgehead atoms. The first kappa shape index (κ1) is 7.95. The summed E-state index contributed by atoms with van der Waals surface area (Å²) in [6, 6.07) is 8.02. The first-order chi connectivity index (χ1) is 5.88. The number of benzene rings is 1. The minimum Gasteiger partial charge on any atom is -0.497 e. The van der Waals surface area contributed by atoms with Gasteiger partial charge in [0.25, 0.3) is 0 Å². The molecule has 1 fully saturated rings. The van der Waals surface area contributed by atoms with Crippen molar-refractivity contribution in [3.8, 4) is 5.75 Å². The fraction of sp³-hybridized carbons (Fsp3) is 0.333. The minimum atomic E-state index is 0.387. The maximum atomic E-state index is 5.10. The molecule has 0 amide bonds. The van der Waals surface area contributed by atoms with Crippen molar-refractivity contribution >= 4 is 11.8 Å². The van der Waals surface area contributed by atoms with Gasteiger partial charge in [-0.05, 0) is 24.3 Å². The molecule has 0 N–H and O–H groups in total. The molecule has 0 aromatic heterocycles. The van der Waals surface area contributed by atoms with Crippen LogP contribution < -0.4 is 4.74 Å². The number of ether oxygens (including phenoxy) is 2. The average Bonchev–Trinajstić information content (AvgIpc) is 2.90. The van der Waals surface area contributed by atoms with Crippen molar-refractivity contribution in [3.05, 3.63) is 24.3 Å². The van der Waals surface area contributed by atoms with E-state index in [2.05, 4.69) is 0 Å². The summed E-state index contributed by atoms with van der Waals surface area (Å²) in [5, 5.41) is 0. The number of rotatable bonds is 3. The highest BCUT2D eigenvalue weighted by molar-refractivity contribution is 8.00. The van der Waals surface area contributed by atoms with Gasteiger partial charge < -0.3 is 9.47 Å². The molecule has 1 aliphatic heterocycles. The van der Waals surface area contributed by atoms with Crippen molar-refractivity contribution in [3.63, 3.8) is 0 Å². The van der Waals surface area contributed by atoms with Crippen molar-refractivity contribution in [2.75, 3.05) is 13.7 Å². The third kappa shape index (κ3) is 1.93. The van der Waals surface area contributed by atoms with Gasteiger partial charge in [-0.15, -0.1) is 0 Å². The van der Waals surface area contributed by atoms with E-state index in [1.807, 2.05) is 24.3 Å². The van der Waals surface area contributed by atoms with Crippen molar-refractivity contribution in [2.45, 2.75) is 10.3 Å². The Labute approximate surface area is 75.9 Å². The molecule has 64 valence electrons. The van der Waals surface area contributed by atoms with E-state index in [0.29, 0.717) is 5.44 Å². The topological polar surface area (TPSA) is 21.8 Å². The zero-order valence-electron chi connectivity index (χ0n) is 6.82. The van der Waals surface area contributed by atoms with Crippen LogP contribution in [0.1, 0.15) is 0 Å². The summed E-state index contributed by atoms with van der Waals surface area (Å²) in [6.07, 6.45) is 0. The minimum absolute atomic E-state index is 0.387. The van der Waals surface area contributed by atoms with Crippen molar-refractivity contribution < 1.29 is 9.47 Å². The second kappa shape index (κ2) is 3.37. The largest absolute Gasteiger partial charge is 0.497 e. The second-order valence-electron chi connectivity index (χ2n) is 2.56. The maximum Gasteiger partial charge on any atom is 0.131 e. The standard InChI is InChI=1S/C9H10O2S/c1-10-7-2-4-8(5-3-7)12-9-6-11-9/h2-5,9H,6H2,1H3. The van der Waals surface area contributed by atoms with E-state index in [0.717, 1.165) is 12.4 Å². The van der Waals surface area contributed by atoms with Gasteiger partial charge in [0.2, 0.25) is 0 Å². The molecule has 2 rings (SSSR count). The molecule has 1 heterocycles. The second-order valence-corrected chi connectivity index (χ2v) is 3.79. The van der Waals surface area contributed by atoms with E-state index >= 15 is 0 Å². The number of thioether (sulfide) groups is 1. The monoisotopic (exact) mass is 182 g/mol. The Morgan fingerprint density at radius 3 is 2.58 bits per heavy atom. The van der Waals surface area contributed by atoms with Crippen LogP contribution in [0, 0.1) is 0 Å². The molecule has 0 radical (unpaired) electrons. The summed E-state index contributed by atoms with van der Waals surface area (Å²) in [5.74, 6) is 0.899. The van der Waals surface area contributed by atoms with Crippen LogP contribution in [-0.4, -0.2) is 19.2 Å². The fourth-order valence-electron chi connectivity index (χ4n) is 0.913. The number of epoxide rings is 1. The van der Waals surface area contributed by atoms with Crippen LogP contribution in [0.2, 0.25) is 0 Å². The van der Waals surface area contributed by atoms with Gasteiger partial charge in [-0.1, -0.05) is 11.8 Å². The molecule has 1 saturated heterocycles. The normalized spacial score (nSPS) is 20.6. The Hall–Kier alpha value is -0.670. The molecule has 1 atom stereocenters. The lowest BCUT2D eigenvalue weighted by Crippen LogP contribution is -1.82. The zero-order chi connectivity index (χ0) is 8.39. The lowest BCUT2D eigenvalue weighted by atomic mass is 10.3. The molecule has 1 aliphatic rings. The smallest absolute Gasteiger partial charge is 0.131 e. The lowest BCUT2D eigenvalue weighted by molar-refractivity contribution is 0.414. The molecule has 0 aliphatic carbocycles. The van der Waals surface area contributed by atoms with Crippen LogP contribution in [-0.2, 0) is 4.74 Å². The highest BCUT2D eigenvalue weighted by atomic mass is 32.2. The molecule has 0 spiro atoms. The molecule has 0 saturated carbocycles. The summed E-state index contributed by atoms with van der Waals surface area (Å²) in [4.78, 5) is 1.23. The van der Waals surface area contributed by atoms with Crippen LogP contribution in [0.5, 0.6) is 5.75 Å². The predicted molar refractivity (Wildman–Crippen MR) is 48.6 cm³/mol. The van der Waals surface area contributed by atoms with E-state index in [1.54, 1.807) is 18.9 Å². The highest BCUT2D eigenvalue weighted by Gasteiger charge is 2.23. The summed E-state index contributed by atoms with van der Waals surface area (Å²) < 4.78 is 10.1. The van der Waals surface area contributed by atoms with E-state index < -0.39 is 0 Å². The number of hydrogen-bond donors (Lipinski definition) is 0. The number of methoxy groups -OCH3 is 1. The van der Waals surface area contributed by atoms with Gasteiger partial charge in [-0.2, -0.15) is 0 Å². The fourth-order valence-corrected chi connectivity index (χ4v) is 1.72. The molecule has 1 aromatic carbocycles. The van der Waals surface area contributed by atoms with Crippen molar-refractivity contribution in [2.24, 2.45) is 0 Å². The van der Waals surface area contributed by atoms with Gasteiger partial charge in [-0.25, -0.2) is 0 Å². The maximum absolute atomic E-state index is 5.10.